The predicted octanol–water partition coefficient (Wildman–Crippen LogP) is 2.57. The van der Waals surface area contributed by atoms with Crippen LogP contribution >= 0.6 is 23.2 Å². The number of halogens is 2. The molecule has 1 aromatic carbocycles. The third-order valence-corrected chi connectivity index (χ3v) is 3.73. The smallest absolute Gasteiger partial charge is 0.313 e. The zero-order valence-corrected chi connectivity index (χ0v) is 13.2. The lowest BCUT2D eigenvalue weighted by molar-refractivity contribution is -0.151. The van der Waals surface area contributed by atoms with E-state index >= 15 is 0 Å². The Morgan fingerprint density at radius 3 is 2.24 bits per heavy atom. The SMILES string of the molecule is CC1CN(C(=O)C(=O)Nc2c(Cl)cccc2Cl)CC(C)O1. The van der Waals surface area contributed by atoms with Gasteiger partial charge in [-0.1, -0.05) is 29.3 Å². The van der Waals surface area contributed by atoms with E-state index < -0.39 is 11.8 Å². The van der Waals surface area contributed by atoms with Gasteiger partial charge in [-0.15, -0.1) is 0 Å². The molecule has 0 saturated carbocycles. The highest BCUT2D eigenvalue weighted by atomic mass is 35.5. The summed E-state index contributed by atoms with van der Waals surface area (Å²) in [5, 5.41) is 3.04. The molecule has 1 aromatic rings. The van der Waals surface area contributed by atoms with Crippen molar-refractivity contribution in [2.24, 2.45) is 0 Å². The number of rotatable bonds is 1. The Bertz CT molecular complexity index is 535. The van der Waals surface area contributed by atoms with Crippen LogP contribution in [0, 0.1) is 0 Å². The molecule has 2 rings (SSSR count). The normalized spacial score (nSPS) is 22.0. The van der Waals surface area contributed by atoms with Crippen LogP contribution in [0.15, 0.2) is 18.2 Å². The van der Waals surface area contributed by atoms with Crippen LogP contribution in [0.25, 0.3) is 0 Å². The maximum absolute atomic E-state index is 12.2. The van der Waals surface area contributed by atoms with E-state index in [1.165, 1.54) is 4.90 Å². The molecule has 1 aliphatic rings. The van der Waals surface area contributed by atoms with Crippen molar-refractivity contribution >= 4 is 40.7 Å². The average Bonchev–Trinajstić information content (AvgIpc) is 2.41. The molecule has 1 saturated heterocycles. The van der Waals surface area contributed by atoms with E-state index in [2.05, 4.69) is 5.32 Å². The minimum atomic E-state index is -0.758. The molecule has 1 heterocycles. The second kappa shape index (κ2) is 6.64. The maximum Gasteiger partial charge on any atom is 0.313 e. The van der Waals surface area contributed by atoms with Crippen LogP contribution in [0.2, 0.25) is 10.0 Å². The van der Waals surface area contributed by atoms with E-state index in [0.29, 0.717) is 13.1 Å². The molecule has 0 bridgehead atoms. The molecule has 2 unspecified atom stereocenters. The van der Waals surface area contributed by atoms with Crippen molar-refractivity contribution in [2.75, 3.05) is 18.4 Å². The summed E-state index contributed by atoms with van der Waals surface area (Å²) >= 11 is 11.9. The molecule has 7 heteroatoms. The summed E-state index contributed by atoms with van der Waals surface area (Å²) in [7, 11) is 0. The maximum atomic E-state index is 12.2. The van der Waals surface area contributed by atoms with Crippen molar-refractivity contribution < 1.29 is 14.3 Å². The first-order valence-electron chi connectivity index (χ1n) is 6.58. The Balaban J connectivity index is 2.08. The molecule has 1 fully saturated rings. The molecule has 0 aromatic heterocycles. The van der Waals surface area contributed by atoms with Crippen LogP contribution < -0.4 is 5.32 Å². The van der Waals surface area contributed by atoms with E-state index in [1.807, 2.05) is 13.8 Å². The summed E-state index contributed by atoms with van der Waals surface area (Å²) in [4.78, 5) is 25.7. The van der Waals surface area contributed by atoms with Gasteiger partial charge in [0.25, 0.3) is 0 Å². The van der Waals surface area contributed by atoms with Gasteiger partial charge in [0.15, 0.2) is 0 Å². The van der Waals surface area contributed by atoms with E-state index in [4.69, 9.17) is 27.9 Å². The molecule has 1 aliphatic heterocycles. The first-order valence-corrected chi connectivity index (χ1v) is 7.33. The Morgan fingerprint density at radius 2 is 1.71 bits per heavy atom. The van der Waals surface area contributed by atoms with Crippen molar-refractivity contribution in [1.29, 1.82) is 0 Å². The minimum Gasteiger partial charge on any atom is -0.372 e. The van der Waals surface area contributed by atoms with E-state index in [1.54, 1.807) is 18.2 Å². The van der Waals surface area contributed by atoms with Crippen LogP contribution in [0.1, 0.15) is 13.8 Å². The van der Waals surface area contributed by atoms with E-state index in [-0.39, 0.29) is 27.9 Å². The molecule has 0 aliphatic carbocycles. The summed E-state index contributed by atoms with van der Waals surface area (Å²) in [6.07, 6.45) is -0.205. The lowest BCUT2D eigenvalue weighted by Gasteiger charge is -2.34. The topological polar surface area (TPSA) is 58.6 Å². The third kappa shape index (κ3) is 3.87. The highest BCUT2D eigenvalue weighted by Crippen LogP contribution is 2.29. The lowest BCUT2D eigenvalue weighted by atomic mass is 10.2. The number of anilines is 1. The quantitative estimate of drug-likeness (QED) is 0.805. The highest BCUT2D eigenvalue weighted by Gasteiger charge is 2.30. The van der Waals surface area contributed by atoms with Crippen molar-refractivity contribution in [2.45, 2.75) is 26.1 Å². The van der Waals surface area contributed by atoms with Crippen molar-refractivity contribution in [1.82, 2.24) is 4.90 Å². The molecule has 114 valence electrons. The van der Waals surface area contributed by atoms with Crippen LogP contribution in [0.5, 0.6) is 0 Å². The number of carbonyl (C=O) groups is 2. The largest absolute Gasteiger partial charge is 0.372 e. The number of ether oxygens (including phenoxy) is 1. The molecular weight excluding hydrogens is 315 g/mol. The predicted molar refractivity (Wildman–Crippen MR) is 81.7 cm³/mol. The molecule has 1 N–H and O–H groups in total. The second-order valence-corrected chi connectivity index (χ2v) is 5.83. The van der Waals surface area contributed by atoms with Crippen LogP contribution in [0.4, 0.5) is 5.69 Å². The summed E-state index contributed by atoms with van der Waals surface area (Å²) in [5.41, 5.74) is 0.244. The molecular formula is C14H16Cl2N2O3. The summed E-state index contributed by atoms with van der Waals surface area (Å²) in [6.45, 7) is 4.48. The van der Waals surface area contributed by atoms with Crippen LogP contribution in [-0.2, 0) is 14.3 Å². The van der Waals surface area contributed by atoms with Gasteiger partial charge in [0.1, 0.15) is 0 Å². The summed E-state index contributed by atoms with van der Waals surface area (Å²) < 4.78 is 5.53. The van der Waals surface area contributed by atoms with E-state index in [0.717, 1.165) is 0 Å². The highest BCUT2D eigenvalue weighted by molar-refractivity contribution is 6.44. The van der Waals surface area contributed by atoms with E-state index in [9.17, 15) is 9.59 Å². The van der Waals surface area contributed by atoms with Crippen molar-refractivity contribution in [3.8, 4) is 0 Å². The van der Waals surface area contributed by atoms with Crippen LogP contribution in [0.3, 0.4) is 0 Å². The number of carbonyl (C=O) groups excluding carboxylic acids is 2. The fraction of sp³-hybridized carbons (Fsp3) is 0.429. The number of para-hydroxylation sites is 1. The average molecular weight is 331 g/mol. The molecule has 2 amide bonds. The van der Waals surface area contributed by atoms with Gasteiger partial charge in [-0.2, -0.15) is 0 Å². The number of morpholine rings is 1. The second-order valence-electron chi connectivity index (χ2n) is 5.02. The first-order chi connectivity index (χ1) is 9.88. The summed E-state index contributed by atoms with van der Waals surface area (Å²) in [6, 6.07) is 4.84. The molecule has 5 nitrogen and oxygen atoms in total. The Hall–Kier alpha value is -1.30. The van der Waals surface area contributed by atoms with Crippen LogP contribution in [-0.4, -0.2) is 42.0 Å². The number of nitrogens with one attached hydrogen (secondary N) is 1. The fourth-order valence-electron chi connectivity index (χ4n) is 2.27. The Kier molecular flexibility index (Phi) is 5.08. The minimum absolute atomic E-state index is 0.102. The molecule has 2 atom stereocenters. The monoisotopic (exact) mass is 330 g/mol. The Labute approximate surface area is 133 Å². The van der Waals surface area contributed by atoms with Gasteiger partial charge in [-0.3, -0.25) is 9.59 Å². The van der Waals surface area contributed by atoms with Crippen molar-refractivity contribution in [3.05, 3.63) is 28.2 Å². The fourth-order valence-corrected chi connectivity index (χ4v) is 2.76. The van der Waals surface area contributed by atoms with Gasteiger partial charge < -0.3 is 15.0 Å². The number of hydrogen-bond donors (Lipinski definition) is 1. The van der Waals surface area contributed by atoms with Crippen molar-refractivity contribution in [3.63, 3.8) is 0 Å². The van der Waals surface area contributed by atoms with Gasteiger partial charge in [-0.25, -0.2) is 0 Å². The zero-order valence-electron chi connectivity index (χ0n) is 11.7. The Morgan fingerprint density at radius 1 is 1.19 bits per heavy atom. The third-order valence-electron chi connectivity index (χ3n) is 3.10. The van der Waals surface area contributed by atoms with Gasteiger partial charge in [0, 0.05) is 13.1 Å². The van der Waals surface area contributed by atoms with Gasteiger partial charge in [0.05, 0.1) is 27.9 Å². The molecule has 21 heavy (non-hydrogen) atoms. The van der Waals surface area contributed by atoms with Gasteiger partial charge >= 0.3 is 11.8 Å². The molecule has 0 radical (unpaired) electrons. The lowest BCUT2D eigenvalue weighted by Crippen LogP contribution is -2.51. The number of benzene rings is 1. The first kappa shape index (κ1) is 16.1. The van der Waals surface area contributed by atoms with Gasteiger partial charge in [-0.05, 0) is 26.0 Å². The molecule has 0 spiro atoms. The zero-order chi connectivity index (χ0) is 15.6. The number of hydrogen-bond acceptors (Lipinski definition) is 3. The summed E-state index contributed by atoms with van der Waals surface area (Å²) in [5.74, 6) is -1.38. The van der Waals surface area contributed by atoms with Gasteiger partial charge in [0.2, 0.25) is 0 Å². The standard InChI is InChI=1S/C14H16Cl2N2O3/c1-8-6-18(7-9(2)21-8)14(20)13(19)17-12-10(15)4-3-5-11(12)16/h3-5,8-9H,6-7H2,1-2H3,(H,17,19). The number of amides is 2. The number of nitrogens with zero attached hydrogens (tertiary/aromatic N) is 1.